The van der Waals surface area contributed by atoms with Gasteiger partial charge < -0.3 is 20.1 Å². The lowest BCUT2D eigenvalue weighted by molar-refractivity contribution is 0.355. The molecule has 2 N–H and O–H groups in total. The van der Waals surface area contributed by atoms with Crippen LogP contribution in [-0.2, 0) is 9.84 Å². The van der Waals surface area contributed by atoms with E-state index in [1.54, 1.807) is 32.4 Å². The zero-order valence-electron chi connectivity index (χ0n) is 14.9. The number of sulfone groups is 1. The van der Waals surface area contributed by atoms with Crippen LogP contribution in [0, 0.1) is 6.92 Å². The first-order valence-electron chi connectivity index (χ1n) is 8.20. The zero-order valence-corrected chi connectivity index (χ0v) is 15.8. The van der Waals surface area contributed by atoms with Crippen molar-refractivity contribution in [1.29, 1.82) is 0 Å². The molecule has 1 saturated heterocycles. The van der Waals surface area contributed by atoms with E-state index in [0.717, 1.165) is 11.4 Å². The summed E-state index contributed by atoms with van der Waals surface area (Å²) >= 11 is 0. The predicted molar refractivity (Wildman–Crippen MR) is 100 cm³/mol. The number of anilines is 3. The fourth-order valence-electron chi connectivity index (χ4n) is 2.86. The molecule has 26 heavy (non-hydrogen) atoms. The number of nitrogens with one attached hydrogen (secondary N) is 2. The summed E-state index contributed by atoms with van der Waals surface area (Å²) in [5, 5.41) is 6.33. The first-order valence-corrected chi connectivity index (χ1v) is 10.0. The summed E-state index contributed by atoms with van der Waals surface area (Å²) < 4.78 is 33.7. The number of rotatable bonds is 6. The quantitative estimate of drug-likeness (QED) is 0.788. The molecule has 8 nitrogen and oxygen atoms in total. The maximum Gasteiger partial charge on any atom is 0.229 e. The second-order valence-electron chi connectivity index (χ2n) is 6.16. The third-order valence-corrected chi connectivity index (χ3v) is 5.85. The molecule has 0 saturated carbocycles. The van der Waals surface area contributed by atoms with Gasteiger partial charge in [0.2, 0.25) is 5.95 Å². The molecule has 9 heteroatoms. The SMILES string of the molecule is COc1ccc(Nc2nc(C)cc(NC3CCS(=O)(=O)C3)n2)cc1OC. The van der Waals surface area contributed by atoms with Gasteiger partial charge in [-0.15, -0.1) is 0 Å². The highest BCUT2D eigenvalue weighted by molar-refractivity contribution is 7.91. The molecule has 0 aliphatic carbocycles. The van der Waals surface area contributed by atoms with Crippen molar-refractivity contribution in [3.05, 3.63) is 30.0 Å². The fourth-order valence-corrected chi connectivity index (χ4v) is 4.53. The van der Waals surface area contributed by atoms with Crippen LogP contribution in [0.25, 0.3) is 0 Å². The van der Waals surface area contributed by atoms with Crippen LogP contribution >= 0.6 is 0 Å². The minimum Gasteiger partial charge on any atom is -0.493 e. The Morgan fingerprint density at radius 1 is 1.12 bits per heavy atom. The maximum atomic E-state index is 11.6. The molecule has 2 heterocycles. The molecule has 0 amide bonds. The second-order valence-corrected chi connectivity index (χ2v) is 8.39. The molecule has 1 aromatic carbocycles. The Hall–Kier alpha value is -2.55. The summed E-state index contributed by atoms with van der Waals surface area (Å²) in [5.41, 5.74) is 1.52. The number of aryl methyl sites for hydroxylation is 1. The Kier molecular flexibility index (Phi) is 5.17. The molecule has 140 valence electrons. The van der Waals surface area contributed by atoms with E-state index in [1.807, 2.05) is 13.0 Å². The fraction of sp³-hybridized carbons (Fsp3) is 0.412. The third kappa shape index (κ3) is 4.34. The van der Waals surface area contributed by atoms with Gasteiger partial charge in [0.15, 0.2) is 21.3 Å². The number of nitrogens with zero attached hydrogens (tertiary/aromatic N) is 2. The number of hydrogen-bond donors (Lipinski definition) is 2. The zero-order chi connectivity index (χ0) is 18.7. The van der Waals surface area contributed by atoms with Crippen molar-refractivity contribution in [3.8, 4) is 11.5 Å². The standard InChI is InChI=1S/C17H22N4O4S/c1-11-8-16(19-13-6-7-26(22,23)10-13)21-17(18-11)20-12-4-5-14(24-2)15(9-12)25-3/h4-5,8-9,13H,6-7,10H2,1-3H3,(H2,18,19,20,21). The van der Waals surface area contributed by atoms with Gasteiger partial charge in [-0.25, -0.2) is 13.4 Å². The molecule has 3 rings (SSSR count). The predicted octanol–water partition coefficient (Wildman–Crippen LogP) is 2.14. The Morgan fingerprint density at radius 2 is 1.88 bits per heavy atom. The van der Waals surface area contributed by atoms with E-state index in [2.05, 4.69) is 20.6 Å². The highest BCUT2D eigenvalue weighted by Gasteiger charge is 2.28. The lowest BCUT2D eigenvalue weighted by atomic mass is 10.2. The van der Waals surface area contributed by atoms with Gasteiger partial charge in [-0.05, 0) is 25.5 Å². The van der Waals surface area contributed by atoms with Crippen LogP contribution in [0.1, 0.15) is 12.1 Å². The lowest BCUT2D eigenvalue weighted by Gasteiger charge is -2.14. The Morgan fingerprint density at radius 3 is 2.54 bits per heavy atom. The van der Waals surface area contributed by atoms with Gasteiger partial charge in [0.05, 0.1) is 25.7 Å². The molecule has 1 aromatic heterocycles. The van der Waals surface area contributed by atoms with Crippen molar-refractivity contribution in [2.24, 2.45) is 0 Å². The highest BCUT2D eigenvalue weighted by atomic mass is 32.2. The first-order chi connectivity index (χ1) is 12.4. The van der Waals surface area contributed by atoms with E-state index in [1.165, 1.54) is 0 Å². The number of benzene rings is 1. The molecular formula is C17H22N4O4S. The summed E-state index contributed by atoms with van der Waals surface area (Å²) in [6.07, 6.45) is 0.587. The third-order valence-electron chi connectivity index (χ3n) is 4.08. The Bertz CT molecular complexity index is 902. The molecule has 1 unspecified atom stereocenters. The first kappa shape index (κ1) is 18.2. The molecule has 1 aliphatic rings. The van der Waals surface area contributed by atoms with Crippen LogP contribution < -0.4 is 20.1 Å². The number of aromatic nitrogens is 2. The van der Waals surface area contributed by atoms with Crippen LogP contribution in [0.5, 0.6) is 11.5 Å². The minimum atomic E-state index is -2.95. The summed E-state index contributed by atoms with van der Waals surface area (Å²) in [4.78, 5) is 8.82. The van der Waals surface area contributed by atoms with E-state index in [4.69, 9.17) is 9.47 Å². The van der Waals surface area contributed by atoms with Crippen LogP contribution in [0.2, 0.25) is 0 Å². The molecule has 0 radical (unpaired) electrons. The van der Waals surface area contributed by atoms with Crippen molar-refractivity contribution >= 4 is 27.3 Å². The Labute approximate surface area is 152 Å². The maximum absolute atomic E-state index is 11.6. The minimum absolute atomic E-state index is 0.122. The lowest BCUT2D eigenvalue weighted by Crippen LogP contribution is -2.21. The molecule has 1 atom stereocenters. The van der Waals surface area contributed by atoms with Gasteiger partial charge in [0, 0.05) is 29.6 Å². The molecule has 0 spiro atoms. The number of methoxy groups -OCH3 is 2. The van der Waals surface area contributed by atoms with Crippen molar-refractivity contribution in [1.82, 2.24) is 9.97 Å². The number of hydrogen-bond acceptors (Lipinski definition) is 8. The van der Waals surface area contributed by atoms with Crippen LogP contribution in [-0.4, -0.2) is 50.2 Å². The molecule has 0 bridgehead atoms. The van der Waals surface area contributed by atoms with E-state index in [-0.39, 0.29) is 17.5 Å². The van der Waals surface area contributed by atoms with E-state index >= 15 is 0 Å². The van der Waals surface area contributed by atoms with E-state index in [9.17, 15) is 8.42 Å². The smallest absolute Gasteiger partial charge is 0.229 e. The highest BCUT2D eigenvalue weighted by Crippen LogP contribution is 2.30. The van der Waals surface area contributed by atoms with Gasteiger partial charge in [0.25, 0.3) is 0 Å². The van der Waals surface area contributed by atoms with Gasteiger partial charge in [-0.1, -0.05) is 0 Å². The van der Waals surface area contributed by atoms with Crippen LogP contribution in [0.15, 0.2) is 24.3 Å². The summed E-state index contributed by atoms with van der Waals surface area (Å²) in [5.74, 6) is 2.59. The second kappa shape index (κ2) is 7.36. The van der Waals surface area contributed by atoms with Crippen molar-refractivity contribution < 1.29 is 17.9 Å². The number of ether oxygens (including phenoxy) is 2. The van der Waals surface area contributed by atoms with E-state index in [0.29, 0.717) is 29.7 Å². The average molecular weight is 378 g/mol. The van der Waals surface area contributed by atoms with E-state index < -0.39 is 9.84 Å². The normalized spacial score (nSPS) is 18.3. The topological polar surface area (TPSA) is 102 Å². The molecule has 2 aromatic rings. The van der Waals surface area contributed by atoms with Gasteiger partial charge in [0.1, 0.15) is 5.82 Å². The molecule has 1 aliphatic heterocycles. The van der Waals surface area contributed by atoms with Crippen LogP contribution in [0.3, 0.4) is 0 Å². The van der Waals surface area contributed by atoms with Gasteiger partial charge in [-0.3, -0.25) is 0 Å². The van der Waals surface area contributed by atoms with Crippen LogP contribution in [0.4, 0.5) is 17.5 Å². The molecular weight excluding hydrogens is 356 g/mol. The van der Waals surface area contributed by atoms with Crippen molar-refractivity contribution in [2.75, 3.05) is 36.4 Å². The van der Waals surface area contributed by atoms with Crippen molar-refractivity contribution in [3.63, 3.8) is 0 Å². The largest absolute Gasteiger partial charge is 0.493 e. The summed E-state index contributed by atoms with van der Waals surface area (Å²) in [7, 11) is 0.205. The average Bonchev–Trinajstić information content (AvgIpc) is 2.92. The van der Waals surface area contributed by atoms with Gasteiger partial charge in [-0.2, -0.15) is 4.98 Å². The molecule has 1 fully saturated rings. The summed E-state index contributed by atoms with van der Waals surface area (Å²) in [6, 6.07) is 7.10. The van der Waals surface area contributed by atoms with Gasteiger partial charge >= 0.3 is 0 Å². The monoisotopic (exact) mass is 378 g/mol. The van der Waals surface area contributed by atoms with Crippen molar-refractivity contribution in [2.45, 2.75) is 19.4 Å². The Balaban J connectivity index is 1.77. The summed E-state index contributed by atoms with van der Waals surface area (Å²) in [6.45, 7) is 1.86.